The molecule has 2 saturated heterocycles. The molecule has 0 saturated carbocycles. The van der Waals surface area contributed by atoms with Crippen LogP contribution in [0.15, 0.2) is 71.1 Å². The van der Waals surface area contributed by atoms with Crippen molar-refractivity contribution in [3.8, 4) is 28.6 Å². The minimum Gasteiger partial charge on any atom is -0.508 e. The van der Waals surface area contributed by atoms with Crippen molar-refractivity contribution < 1.29 is 19.4 Å². The average molecular weight is 542 g/mol. The van der Waals surface area contributed by atoms with Crippen LogP contribution in [0.25, 0.3) is 22.3 Å². The Kier molecular flexibility index (Phi) is 8.23. The highest BCUT2D eigenvalue weighted by Crippen LogP contribution is 2.41. The number of nitrogens with zero attached hydrogens (tertiary/aromatic N) is 2. The molecule has 6 rings (SSSR count). The van der Waals surface area contributed by atoms with Crippen LogP contribution in [0.3, 0.4) is 0 Å². The molecule has 210 valence electrons. The van der Waals surface area contributed by atoms with Crippen LogP contribution in [0.2, 0.25) is 0 Å². The minimum absolute atomic E-state index is 0.164. The molecule has 4 aromatic rings. The smallest absolute Gasteiger partial charge is 0.140 e. The van der Waals surface area contributed by atoms with Crippen LogP contribution in [-0.4, -0.2) is 59.5 Å². The van der Waals surface area contributed by atoms with E-state index in [1.807, 2.05) is 18.2 Å². The summed E-state index contributed by atoms with van der Waals surface area (Å²) in [5.74, 6) is 1.96. The topological polar surface area (TPSA) is 81.3 Å². The number of phenols is 2. The number of piperidine rings is 2. The number of rotatable bonds is 9. The Morgan fingerprint density at radius 3 is 2.17 bits per heavy atom. The molecule has 3 N–H and O–H groups in total. The summed E-state index contributed by atoms with van der Waals surface area (Å²) in [5.41, 5.74) is 7.42. The monoisotopic (exact) mass is 541 g/mol. The second kappa shape index (κ2) is 12.3. The maximum Gasteiger partial charge on any atom is 0.140 e. The molecular weight excluding hydrogens is 502 g/mol. The van der Waals surface area contributed by atoms with Crippen LogP contribution in [0.4, 0.5) is 0 Å². The fraction of sp³-hybridized carbons (Fsp3) is 0.394. The highest BCUT2D eigenvalue weighted by Gasteiger charge is 2.28. The third-order valence-electron chi connectivity index (χ3n) is 8.14. The van der Waals surface area contributed by atoms with Crippen LogP contribution >= 0.6 is 0 Å². The summed E-state index contributed by atoms with van der Waals surface area (Å²) < 4.78 is 12.5. The highest BCUT2D eigenvalue weighted by molar-refractivity contribution is 5.90. The van der Waals surface area contributed by atoms with Gasteiger partial charge in [0.1, 0.15) is 35.2 Å². The molecule has 0 aliphatic carbocycles. The van der Waals surface area contributed by atoms with Gasteiger partial charge in [-0.3, -0.25) is 4.90 Å². The molecule has 2 fully saturated rings. The number of fused-ring (bicyclic) bond motifs is 1. The van der Waals surface area contributed by atoms with Gasteiger partial charge >= 0.3 is 0 Å². The molecule has 0 bridgehead atoms. The zero-order valence-corrected chi connectivity index (χ0v) is 23.0. The Bertz CT molecular complexity index is 1390. The zero-order valence-electron chi connectivity index (χ0n) is 23.0. The van der Waals surface area contributed by atoms with E-state index in [4.69, 9.17) is 9.15 Å². The van der Waals surface area contributed by atoms with Crippen LogP contribution in [0.1, 0.15) is 55.7 Å². The van der Waals surface area contributed by atoms with Crippen molar-refractivity contribution in [2.45, 2.75) is 44.6 Å². The van der Waals surface area contributed by atoms with Crippen LogP contribution in [0, 0.1) is 0 Å². The van der Waals surface area contributed by atoms with Gasteiger partial charge in [0.2, 0.25) is 0 Å². The molecule has 40 heavy (non-hydrogen) atoms. The largest absolute Gasteiger partial charge is 0.508 e. The van der Waals surface area contributed by atoms with E-state index >= 15 is 0 Å². The predicted molar refractivity (Wildman–Crippen MR) is 158 cm³/mol. The van der Waals surface area contributed by atoms with Gasteiger partial charge in [-0.2, -0.15) is 0 Å². The lowest BCUT2D eigenvalue weighted by molar-refractivity contribution is 0.138. The van der Waals surface area contributed by atoms with Crippen molar-refractivity contribution in [1.82, 2.24) is 15.3 Å². The highest BCUT2D eigenvalue weighted by atomic mass is 16.5. The van der Waals surface area contributed by atoms with E-state index in [0.717, 1.165) is 66.1 Å². The van der Waals surface area contributed by atoms with Gasteiger partial charge in [-0.25, -0.2) is 10.4 Å². The third kappa shape index (κ3) is 6.12. The molecule has 0 radical (unpaired) electrons. The van der Waals surface area contributed by atoms with Crippen molar-refractivity contribution >= 4 is 11.0 Å². The van der Waals surface area contributed by atoms with Gasteiger partial charge in [-0.15, -0.1) is 0 Å². The fourth-order valence-electron chi connectivity index (χ4n) is 5.96. The number of benzene rings is 3. The molecule has 7 nitrogen and oxygen atoms in total. The van der Waals surface area contributed by atoms with E-state index in [2.05, 4.69) is 39.6 Å². The predicted octanol–water partition coefficient (Wildman–Crippen LogP) is 6.46. The number of furan rings is 1. The first kappa shape index (κ1) is 26.7. The number of likely N-dealkylation sites (tertiary alicyclic amines) is 1. The molecule has 1 unspecified atom stereocenters. The summed E-state index contributed by atoms with van der Waals surface area (Å²) in [7, 11) is 0. The first-order valence-electron chi connectivity index (χ1n) is 14.6. The normalized spacial score (nSPS) is 17.7. The van der Waals surface area contributed by atoms with E-state index < -0.39 is 0 Å². The summed E-state index contributed by atoms with van der Waals surface area (Å²) in [6, 6.07) is 20.6. The third-order valence-corrected chi connectivity index (χ3v) is 8.14. The first-order chi connectivity index (χ1) is 19.6. The Balaban J connectivity index is 1.33. The number of nitrogens with one attached hydrogen (secondary N) is 1. The molecular formula is C33H39N3O4. The van der Waals surface area contributed by atoms with Crippen molar-refractivity contribution in [1.29, 1.82) is 0 Å². The van der Waals surface area contributed by atoms with Crippen molar-refractivity contribution in [3.63, 3.8) is 0 Å². The van der Waals surface area contributed by atoms with Gasteiger partial charge in [-0.1, -0.05) is 25.0 Å². The number of hydrogen-bond donors (Lipinski definition) is 3. The van der Waals surface area contributed by atoms with Crippen molar-refractivity contribution in [2.75, 3.05) is 39.3 Å². The molecule has 0 spiro atoms. The second-order valence-electron chi connectivity index (χ2n) is 11.0. The Morgan fingerprint density at radius 1 is 0.775 bits per heavy atom. The van der Waals surface area contributed by atoms with Gasteiger partial charge in [-0.05, 0) is 92.9 Å². The molecule has 7 heteroatoms. The standard InChI is InChI=1S/C33H39N3O4/c37-26-11-7-25(8-12-26)33-31(29-16-13-27(38)23-30(29)40-33)32(34-36-19-5-2-6-20-36)24-9-14-28(15-10-24)39-22-21-35-17-3-1-4-18-35/h7-16,23,32,34,37-38H,1-6,17-22H2. The quantitative estimate of drug-likeness (QED) is 0.224. The summed E-state index contributed by atoms with van der Waals surface area (Å²) in [4.78, 5) is 2.49. The molecule has 2 aliphatic rings. The number of hydrazine groups is 1. The average Bonchev–Trinajstić information content (AvgIpc) is 3.36. The fourth-order valence-corrected chi connectivity index (χ4v) is 5.96. The number of aromatic hydroxyl groups is 2. The summed E-state index contributed by atoms with van der Waals surface area (Å²) in [5, 5.41) is 23.4. The van der Waals surface area contributed by atoms with Crippen molar-refractivity contribution in [2.24, 2.45) is 0 Å². The molecule has 3 aromatic carbocycles. The summed E-state index contributed by atoms with van der Waals surface area (Å²) in [6.45, 7) is 5.97. The maximum absolute atomic E-state index is 10.2. The SMILES string of the molecule is Oc1ccc(-c2oc3cc(O)ccc3c2C(NN2CCCCC2)c2ccc(OCCN3CCCCC3)cc2)cc1. The van der Waals surface area contributed by atoms with Crippen LogP contribution in [0.5, 0.6) is 17.2 Å². The van der Waals surface area contributed by atoms with E-state index in [1.54, 1.807) is 24.3 Å². The van der Waals surface area contributed by atoms with E-state index in [1.165, 1.54) is 38.8 Å². The Labute approximate surface area is 235 Å². The second-order valence-corrected chi connectivity index (χ2v) is 11.0. The molecule has 0 amide bonds. The number of phenolic OH excluding ortho intramolecular Hbond substituents is 2. The maximum atomic E-state index is 10.2. The van der Waals surface area contributed by atoms with Gasteiger partial charge in [0.15, 0.2) is 0 Å². The minimum atomic E-state index is -0.185. The summed E-state index contributed by atoms with van der Waals surface area (Å²) in [6.07, 6.45) is 7.48. The lowest BCUT2D eigenvalue weighted by Crippen LogP contribution is -2.44. The molecule has 1 aromatic heterocycles. The number of ether oxygens (including phenoxy) is 1. The van der Waals surface area contributed by atoms with E-state index in [0.29, 0.717) is 12.2 Å². The molecule has 2 aliphatic heterocycles. The Hall–Kier alpha value is -3.52. The van der Waals surface area contributed by atoms with E-state index in [9.17, 15) is 10.2 Å². The van der Waals surface area contributed by atoms with Gasteiger partial charge in [0, 0.05) is 42.2 Å². The van der Waals surface area contributed by atoms with E-state index in [-0.39, 0.29) is 17.5 Å². The lowest BCUT2D eigenvalue weighted by atomic mass is 9.94. The van der Waals surface area contributed by atoms with Crippen molar-refractivity contribution in [3.05, 3.63) is 77.9 Å². The lowest BCUT2D eigenvalue weighted by Gasteiger charge is -2.32. The Morgan fingerprint density at radius 2 is 1.45 bits per heavy atom. The zero-order chi connectivity index (χ0) is 27.3. The molecule has 1 atom stereocenters. The van der Waals surface area contributed by atoms with Gasteiger partial charge in [0.05, 0.1) is 6.04 Å². The molecule has 3 heterocycles. The van der Waals surface area contributed by atoms with Gasteiger partial charge < -0.3 is 19.4 Å². The van der Waals surface area contributed by atoms with Gasteiger partial charge in [0.25, 0.3) is 0 Å². The first-order valence-corrected chi connectivity index (χ1v) is 14.6. The summed E-state index contributed by atoms with van der Waals surface area (Å²) >= 11 is 0. The number of hydrogen-bond acceptors (Lipinski definition) is 7. The van der Waals surface area contributed by atoms with Crippen LogP contribution in [-0.2, 0) is 0 Å². The van der Waals surface area contributed by atoms with Crippen LogP contribution < -0.4 is 10.2 Å².